The Balaban J connectivity index is 4.03. The van der Waals surface area contributed by atoms with Gasteiger partial charge < -0.3 is 4.74 Å². The maximum Gasteiger partial charge on any atom is 0.308 e. The molecule has 78 valence electrons. The van der Waals surface area contributed by atoms with Crippen molar-refractivity contribution in [3.8, 4) is 0 Å². The van der Waals surface area contributed by atoms with Gasteiger partial charge in [0.1, 0.15) is 5.60 Å². The van der Waals surface area contributed by atoms with Crippen LogP contribution in [0.4, 0.5) is 0 Å². The number of rotatable bonds is 3. The minimum absolute atomic E-state index is 0.240. The van der Waals surface area contributed by atoms with Crippen LogP contribution in [0, 0.1) is 0 Å². The van der Waals surface area contributed by atoms with E-state index >= 15 is 0 Å². The molecule has 0 rings (SSSR count). The monoisotopic (exact) mass is 188 g/mol. The van der Waals surface area contributed by atoms with Gasteiger partial charge in [0, 0.05) is 5.54 Å². The van der Waals surface area contributed by atoms with Crippen LogP contribution < -0.4 is 11.3 Å². The Bertz CT molecular complexity index is 183. The van der Waals surface area contributed by atoms with Crippen molar-refractivity contribution in [1.82, 2.24) is 5.43 Å². The van der Waals surface area contributed by atoms with E-state index in [2.05, 4.69) is 5.43 Å². The van der Waals surface area contributed by atoms with Gasteiger partial charge in [-0.2, -0.15) is 0 Å². The quantitative estimate of drug-likeness (QED) is 0.393. The van der Waals surface area contributed by atoms with Gasteiger partial charge in [-0.15, -0.1) is 0 Å². The number of nitrogens with two attached hydrogens (primary N) is 1. The maximum atomic E-state index is 11.3. The standard InChI is InChI=1S/C9H20N2O2/c1-8(2,3)13-7(12)6-9(4,5)11-10/h11H,6,10H2,1-5H3. The van der Waals surface area contributed by atoms with E-state index in [4.69, 9.17) is 10.6 Å². The van der Waals surface area contributed by atoms with E-state index in [1.165, 1.54) is 0 Å². The molecule has 0 aromatic carbocycles. The van der Waals surface area contributed by atoms with Crippen LogP contribution >= 0.6 is 0 Å². The van der Waals surface area contributed by atoms with Crippen molar-refractivity contribution < 1.29 is 9.53 Å². The van der Waals surface area contributed by atoms with Crippen LogP contribution in [0.1, 0.15) is 41.0 Å². The summed E-state index contributed by atoms with van der Waals surface area (Å²) in [7, 11) is 0. The van der Waals surface area contributed by atoms with E-state index in [1.807, 2.05) is 34.6 Å². The van der Waals surface area contributed by atoms with E-state index in [0.29, 0.717) is 0 Å². The summed E-state index contributed by atoms with van der Waals surface area (Å²) >= 11 is 0. The SMILES string of the molecule is CC(C)(CC(=O)OC(C)(C)C)NN. The molecule has 0 radical (unpaired) electrons. The summed E-state index contributed by atoms with van der Waals surface area (Å²) < 4.78 is 5.14. The number of hydrazine groups is 1. The van der Waals surface area contributed by atoms with Crippen LogP contribution in [0.15, 0.2) is 0 Å². The van der Waals surface area contributed by atoms with Gasteiger partial charge in [0.05, 0.1) is 6.42 Å². The predicted octanol–water partition coefficient (Wildman–Crippen LogP) is 0.960. The summed E-state index contributed by atoms with van der Waals surface area (Å²) in [6.07, 6.45) is 0.265. The summed E-state index contributed by atoms with van der Waals surface area (Å²) in [6, 6.07) is 0. The molecule has 4 heteroatoms. The van der Waals surface area contributed by atoms with Gasteiger partial charge in [0.15, 0.2) is 0 Å². The highest BCUT2D eigenvalue weighted by molar-refractivity contribution is 5.71. The molecule has 0 aliphatic rings. The number of carbonyl (C=O) groups is 1. The Morgan fingerprint density at radius 2 is 1.77 bits per heavy atom. The van der Waals surface area contributed by atoms with Gasteiger partial charge in [-0.3, -0.25) is 16.1 Å². The van der Waals surface area contributed by atoms with Crippen LogP contribution in [-0.4, -0.2) is 17.1 Å². The highest BCUT2D eigenvalue weighted by Gasteiger charge is 2.24. The maximum absolute atomic E-state index is 11.3. The van der Waals surface area contributed by atoms with E-state index < -0.39 is 11.1 Å². The molecule has 0 atom stereocenters. The lowest BCUT2D eigenvalue weighted by Crippen LogP contribution is -2.46. The van der Waals surface area contributed by atoms with E-state index in [1.54, 1.807) is 0 Å². The fourth-order valence-corrected chi connectivity index (χ4v) is 0.789. The molecule has 0 unspecified atom stereocenters. The molecule has 0 spiro atoms. The fraction of sp³-hybridized carbons (Fsp3) is 0.889. The van der Waals surface area contributed by atoms with Gasteiger partial charge in [-0.05, 0) is 34.6 Å². The highest BCUT2D eigenvalue weighted by Crippen LogP contribution is 2.13. The van der Waals surface area contributed by atoms with Crippen molar-refractivity contribution in [1.29, 1.82) is 0 Å². The zero-order valence-electron chi connectivity index (χ0n) is 9.10. The molecule has 0 saturated heterocycles. The highest BCUT2D eigenvalue weighted by atomic mass is 16.6. The Labute approximate surface area is 79.8 Å². The second-order valence-electron chi connectivity index (χ2n) is 4.79. The number of esters is 1. The second kappa shape index (κ2) is 4.07. The van der Waals surface area contributed by atoms with Crippen molar-refractivity contribution in [2.45, 2.75) is 52.2 Å². The second-order valence-corrected chi connectivity index (χ2v) is 4.79. The Morgan fingerprint density at radius 3 is 2.08 bits per heavy atom. The first-order valence-electron chi connectivity index (χ1n) is 4.36. The number of ether oxygens (including phenoxy) is 1. The predicted molar refractivity (Wildman–Crippen MR) is 51.9 cm³/mol. The van der Waals surface area contributed by atoms with Crippen molar-refractivity contribution >= 4 is 5.97 Å². The van der Waals surface area contributed by atoms with Crippen LogP contribution in [0.5, 0.6) is 0 Å². The van der Waals surface area contributed by atoms with Gasteiger partial charge >= 0.3 is 5.97 Å². The van der Waals surface area contributed by atoms with E-state index in [0.717, 1.165) is 0 Å². The minimum Gasteiger partial charge on any atom is -0.460 e. The molecule has 3 N–H and O–H groups in total. The first-order valence-corrected chi connectivity index (χ1v) is 4.36. The number of carbonyl (C=O) groups excluding carboxylic acids is 1. The Morgan fingerprint density at radius 1 is 1.31 bits per heavy atom. The number of hydrogen-bond donors (Lipinski definition) is 2. The molecular formula is C9H20N2O2. The minimum atomic E-state index is -0.429. The van der Waals surface area contributed by atoms with Crippen LogP contribution in [-0.2, 0) is 9.53 Å². The van der Waals surface area contributed by atoms with Crippen LogP contribution in [0.25, 0.3) is 0 Å². The third kappa shape index (κ3) is 6.54. The normalized spacial score (nSPS) is 12.8. The van der Waals surface area contributed by atoms with Crippen molar-refractivity contribution in [2.24, 2.45) is 5.84 Å². The number of hydrogen-bond acceptors (Lipinski definition) is 4. The number of nitrogens with one attached hydrogen (secondary N) is 1. The van der Waals surface area contributed by atoms with Crippen molar-refractivity contribution in [2.75, 3.05) is 0 Å². The lowest BCUT2D eigenvalue weighted by molar-refractivity contribution is -0.156. The topological polar surface area (TPSA) is 64.3 Å². The molecule has 0 aliphatic carbocycles. The molecule has 0 aromatic rings. The molecule has 0 bridgehead atoms. The van der Waals surface area contributed by atoms with Crippen molar-refractivity contribution in [3.63, 3.8) is 0 Å². The zero-order valence-corrected chi connectivity index (χ0v) is 9.10. The van der Waals surface area contributed by atoms with E-state index in [-0.39, 0.29) is 12.4 Å². The lowest BCUT2D eigenvalue weighted by atomic mass is 10.0. The first kappa shape index (κ1) is 12.4. The Hall–Kier alpha value is -0.610. The molecule has 0 heterocycles. The molecule has 4 nitrogen and oxygen atoms in total. The summed E-state index contributed by atoms with van der Waals surface area (Å²) in [4.78, 5) is 11.3. The van der Waals surface area contributed by atoms with Gasteiger partial charge in [0.2, 0.25) is 0 Å². The summed E-state index contributed by atoms with van der Waals surface area (Å²) in [6.45, 7) is 9.21. The van der Waals surface area contributed by atoms with E-state index in [9.17, 15) is 4.79 Å². The van der Waals surface area contributed by atoms with Gasteiger partial charge in [-0.1, -0.05) is 0 Å². The third-order valence-electron chi connectivity index (χ3n) is 1.40. The summed E-state index contributed by atoms with van der Waals surface area (Å²) in [5.41, 5.74) is 1.71. The zero-order chi connectivity index (χ0) is 10.7. The molecule has 0 fully saturated rings. The molecule has 0 aliphatic heterocycles. The summed E-state index contributed by atoms with van der Waals surface area (Å²) in [5.74, 6) is 5.02. The molecule has 13 heavy (non-hydrogen) atoms. The molecule has 0 amide bonds. The lowest BCUT2D eigenvalue weighted by Gasteiger charge is -2.25. The smallest absolute Gasteiger partial charge is 0.308 e. The largest absolute Gasteiger partial charge is 0.460 e. The van der Waals surface area contributed by atoms with Gasteiger partial charge in [0.25, 0.3) is 0 Å². The Kier molecular flexibility index (Phi) is 3.88. The first-order chi connectivity index (χ1) is 5.66. The summed E-state index contributed by atoms with van der Waals surface area (Å²) in [5, 5.41) is 0. The average molecular weight is 188 g/mol. The average Bonchev–Trinajstić information content (AvgIpc) is 1.81. The van der Waals surface area contributed by atoms with Crippen LogP contribution in [0.2, 0.25) is 0 Å². The molecule has 0 saturated carbocycles. The van der Waals surface area contributed by atoms with Crippen LogP contribution in [0.3, 0.4) is 0 Å². The molecular weight excluding hydrogens is 168 g/mol. The fourth-order valence-electron chi connectivity index (χ4n) is 0.789. The third-order valence-corrected chi connectivity index (χ3v) is 1.40. The molecule has 0 aromatic heterocycles. The van der Waals surface area contributed by atoms with Crippen molar-refractivity contribution in [3.05, 3.63) is 0 Å². The van der Waals surface area contributed by atoms with Gasteiger partial charge in [-0.25, -0.2) is 0 Å².